The first-order valence-electron chi connectivity index (χ1n) is 7.15. The molecule has 0 spiro atoms. The van der Waals surface area contributed by atoms with Crippen LogP contribution in [-0.4, -0.2) is 35.0 Å². The normalized spacial score (nSPS) is 22.0. The number of likely N-dealkylation sites (tertiary alicyclic amines) is 1. The summed E-state index contributed by atoms with van der Waals surface area (Å²) in [4.78, 5) is 26.0. The van der Waals surface area contributed by atoms with Crippen molar-refractivity contribution in [2.24, 2.45) is 11.8 Å². The number of carbonyl (C=O) groups excluding carboxylic acids is 1. The average molecular weight is 321 g/mol. The van der Waals surface area contributed by atoms with Gasteiger partial charge in [-0.3, -0.25) is 9.59 Å². The van der Waals surface area contributed by atoms with Crippen molar-refractivity contribution in [3.63, 3.8) is 0 Å². The highest BCUT2D eigenvalue weighted by Gasteiger charge is 2.32. The Morgan fingerprint density at radius 1 is 1.32 bits per heavy atom. The number of halogens is 1. The number of hydrogen-bond acceptors (Lipinski definition) is 3. The third-order valence-electron chi connectivity index (χ3n) is 3.99. The Labute approximate surface area is 131 Å². The van der Waals surface area contributed by atoms with Gasteiger partial charge in [0.25, 0.3) is 5.91 Å². The van der Waals surface area contributed by atoms with E-state index in [0.29, 0.717) is 23.2 Å². The molecule has 3 rings (SSSR count). The summed E-state index contributed by atoms with van der Waals surface area (Å²) in [6.45, 7) is 2.75. The van der Waals surface area contributed by atoms with Gasteiger partial charge in [-0.15, -0.1) is 11.3 Å². The summed E-state index contributed by atoms with van der Waals surface area (Å²) in [5.41, 5.74) is 0. The quantitative estimate of drug-likeness (QED) is 0.924. The van der Waals surface area contributed by atoms with Crippen LogP contribution < -0.4 is 0 Å². The van der Waals surface area contributed by atoms with Crippen LogP contribution >= 0.6 is 11.3 Å². The Hall–Kier alpha value is -1.95. The third kappa shape index (κ3) is 2.83. The number of nitrogens with zero attached hydrogens (tertiary/aromatic N) is 1. The Morgan fingerprint density at radius 2 is 2.09 bits per heavy atom. The minimum atomic E-state index is -0.859. The number of benzene rings is 1. The van der Waals surface area contributed by atoms with Gasteiger partial charge in [0.05, 0.1) is 10.8 Å². The van der Waals surface area contributed by atoms with Crippen molar-refractivity contribution >= 4 is 33.3 Å². The fraction of sp³-hybridized carbons (Fsp3) is 0.375. The van der Waals surface area contributed by atoms with Gasteiger partial charge in [-0.05, 0) is 42.0 Å². The van der Waals surface area contributed by atoms with Crippen molar-refractivity contribution in [2.45, 2.75) is 13.3 Å². The lowest BCUT2D eigenvalue weighted by Crippen LogP contribution is -2.45. The summed E-state index contributed by atoms with van der Waals surface area (Å²) in [6, 6.07) is 6.11. The highest BCUT2D eigenvalue weighted by Crippen LogP contribution is 2.29. The summed E-state index contributed by atoms with van der Waals surface area (Å²) in [5, 5.41) is 9.90. The van der Waals surface area contributed by atoms with Gasteiger partial charge in [0, 0.05) is 17.8 Å². The van der Waals surface area contributed by atoms with Gasteiger partial charge in [-0.2, -0.15) is 0 Å². The maximum absolute atomic E-state index is 13.2. The first-order chi connectivity index (χ1) is 10.4. The number of aliphatic carboxylic acids is 1. The number of carboxylic acid groups (broad SMARTS) is 1. The molecule has 1 amide bonds. The highest BCUT2D eigenvalue weighted by molar-refractivity contribution is 7.20. The van der Waals surface area contributed by atoms with E-state index in [1.165, 1.54) is 23.5 Å². The van der Waals surface area contributed by atoms with Gasteiger partial charge >= 0.3 is 5.97 Å². The van der Waals surface area contributed by atoms with Gasteiger partial charge in [0.15, 0.2) is 0 Å². The smallest absolute Gasteiger partial charge is 0.308 e. The molecule has 6 heteroatoms. The molecule has 1 aliphatic heterocycles. The fourth-order valence-electron chi connectivity index (χ4n) is 2.97. The summed E-state index contributed by atoms with van der Waals surface area (Å²) >= 11 is 1.31. The number of thiophene rings is 1. The molecule has 1 aliphatic rings. The Kier molecular flexibility index (Phi) is 3.87. The molecule has 2 heterocycles. The number of carboxylic acids is 1. The fourth-order valence-corrected chi connectivity index (χ4v) is 3.98. The molecule has 0 saturated carbocycles. The number of fused-ring (bicyclic) bond motifs is 1. The lowest BCUT2D eigenvalue weighted by atomic mass is 9.90. The average Bonchev–Trinajstić information content (AvgIpc) is 2.88. The second kappa shape index (κ2) is 5.68. The van der Waals surface area contributed by atoms with E-state index in [-0.39, 0.29) is 24.2 Å². The molecule has 116 valence electrons. The Bertz CT molecular complexity index is 742. The second-order valence-electron chi connectivity index (χ2n) is 5.88. The first-order valence-corrected chi connectivity index (χ1v) is 7.97. The summed E-state index contributed by atoms with van der Waals surface area (Å²) < 4.78 is 14.1. The van der Waals surface area contributed by atoms with Crippen molar-refractivity contribution in [1.82, 2.24) is 4.90 Å². The molecular formula is C16H16FNO3S. The minimum absolute atomic E-state index is 0.158. The van der Waals surface area contributed by atoms with Crippen molar-refractivity contribution in [2.75, 3.05) is 13.1 Å². The largest absolute Gasteiger partial charge is 0.481 e. The maximum atomic E-state index is 13.2. The van der Waals surface area contributed by atoms with Gasteiger partial charge in [0.2, 0.25) is 0 Å². The Morgan fingerprint density at radius 3 is 2.82 bits per heavy atom. The molecule has 1 aromatic carbocycles. The van der Waals surface area contributed by atoms with Crippen LogP contribution in [0.3, 0.4) is 0 Å². The summed E-state index contributed by atoms with van der Waals surface area (Å²) in [7, 11) is 0. The molecular weight excluding hydrogens is 305 g/mol. The van der Waals surface area contributed by atoms with Crippen molar-refractivity contribution < 1.29 is 19.1 Å². The SMILES string of the molecule is CC1CC(C(=O)O)CN(C(=O)c2cc3cc(F)ccc3s2)C1. The van der Waals surface area contributed by atoms with Crippen LogP contribution in [-0.2, 0) is 4.79 Å². The van der Waals surface area contributed by atoms with Crippen LogP contribution in [0, 0.1) is 17.7 Å². The number of carbonyl (C=O) groups is 2. The Balaban J connectivity index is 1.86. The van der Waals surface area contributed by atoms with Crippen LogP contribution in [0.5, 0.6) is 0 Å². The molecule has 1 saturated heterocycles. The van der Waals surface area contributed by atoms with Crippen molar-refractivity contribution in [3.05, 3.63) is 35.0 Å². The molecule has 0 bridgehead atoms. The standard InChI is InChI=1S/C16H16FNO3S/c1-9-4-11(16(20)21)8-18(7-9)15(19)14-6-10-5-12(17)2-3-13(10)22-14/h2-3,5-6,9,11H,4,7-8H2,1H3,(H,20,21). The summed E-state index contributed by atoms with van der Waals surface area (Å²) in [5.74, 6) is -1.71. The van der Waals surface area contributed by atoms with Crippen LogP contribution in [0.1, 0.15) is 23.0 Å². The lowest BCUT2D eigenvalue weighted by Gasteiger charge is -2.34. The van der Waals surface area contributed by atoms with Gasteiger partial charge in [0.1, 0.15) is 5.82 Å². The molecule has 22 heavy (non-hydrogen) atoms. The molecule has 1 fully saturated rings. The zero-order valence-electron chi connectivity index (χ0n) is 12.1. The van der Waals surface area contributed by atoms with E-state index in [2.05, 4.69) is 0 Å². The molecule has 0 aliphatic carbocycles. The van der Waals surface area contributed by atoms with E-state index in [0.717, 1.165) is 4.70 Å². The highest BCUT2D eigenvalue weighted by atomic mass is 32.1. The predicted octanol–water partition coefficient (Wildman–Crippen LogP) is 3.22. The molecule has 2 unspecified atom stereocenters. The molecule has 0 radical (unpaired) electrons. The van der Waals surface area contributed by atoms with E-state index < -0.39 is 11.9 Å². The van der Waals surface area contributed by atoms with Crippen molar-refractivity contribution in [1.29, 1.82) is 0 Å². The van der Waals surface area contributed by atoms with Crippen LogP contribution in [0.15, 0.2) is 24.3 Å². The summed E-state index contributed by atoms with van der Waals surface area (Å²) in [6.07, 6.45) is 0.594. The van der Waals surface area contributed by atoms with E-state index in [4.69, 9.17) is 0 Å². The van der Waals surface area contributed by atoms with E-state index in [1.807, 2.05) is 6.92 Å². The molecule has 1 N–H and O–H groups in total. The zero-order chi connectivity index (χ0) is 15.9. The van der Waals surface area contributed by atoms with E-state index in [1.54, 1.807) is 17.0 Å². The van der Waals surface area contributed by atoms with Gasteiger partial charge in [-0.1, -0.05) is 6.92 Å². The number of piperidine rings is 1. The molecule has 4 nitrogen and oxygen atoms in total. The second-order valence-corrected chi connectivity index (χ2v) is 6.96. The molecule has 1 aromatic heterocycles. The van der Waals surface area contributed by atoms with Crippen LogP contribution in [0.25, 0.3) is 10.1 Å². The topological polar surface area (TPSA) is 57.6 Å². The van der Waals surface area contributed by atoms with Gasteiger partial charge in [-0.25, -0.2) is 4.39 Å². The third-order valence-corrected chi connectivity index (χ3v) is 5.09. The number of amides is 1. The van der Waals surface area contributed by atoms with E-state index in [9.17, 15) is 19.1 Å². The number of rotatable bonds is 2. The number of hydrogen-bond donors (Lipinski definition) is 1. The lowest BCUT2D eigenvalue weighted by molar-refractivity contribution is -0.143. The predicted molar refractivity (Wildman–Crippen MR) is 82.6 cm³/mol. The first kappa shape index (κ1) is 15.0. The minimum Gasteiger partial charge on any atom is -0.481 e. The van der Waals surface area contributed by atoms with Crippen LogP contribution in [0.2, 0.25) is 0 Å². The molecule has 2 aromatic rings. The zero-order valence-corrected chi connectivity index (χ0v) is 12.9. The van der Waals surface area contributed by atoms with Crippen molar-refractivity contribution in [3.8, 4) is 0 Å². The monoisotopic (exact) mass is 321 g/mol. The molecule has 2 atom stereocenters. The van der Waals surface area contributed by atoms with Crippen LogP contribution in [0.4, 0.5) is 4.39 Å². The maximum Gasteiger partial charge on any atom is 0.308 e. The van der Waals surface area contributed by atoms with E-state index >= 15 is 0 Å². The van der Waals surface area contributed by atoms with Gasteiger partial charge < -0.3 is 10.0 Å².